The molecule has 0 aliphatic heterocycles. The van der Waals surface area contributed by atoms with Gasteiger partial charge in [0, 0.05) is 18.4 Å². The number of para-hydroxylation sites is 1. The summed E-state index contributed by atoms with van der Waals surface area (Å²) in [5.41, 5.74) is 7.96. The van der Waals surface area contributed by atoms with Gasteiger partial charge in [-0.1, -0.05) is 24.6 Å². The minimum absolute atomic E-state index is 0.0835. The summed E-state index contributed by atoms with van der Waals surface area (Å²) in [5, 5.41) is 5.71. The summed E-state index contributed by atoms with van der Waals surface area (Å²) in [6.45, 7) is 3.52. The number of hydrogen-bond acceptors (Lipinski definition) is 3. The van der Waals surface area contributed by atoms with Crippen LogP contribution < -0.4 is 5.73 Å². The first kappa shape index (κ1) is 14.3. The van der Waals surface area contributed by atoms with Crippen molar-refractivity contribution in [2.45, 2.75) is 45.6 Å². The van der Waals surface area contributed by atoms with Gasteiger partial charge in [0.2, 0.25) is 0 Å². The third-order valence-electron chi connectivity index (χ3n) is 4.82. The molecule has 2 N–H and O–H groups in total. The summed E-state index contributed by atoms with van der Waals surface area (Å²) >= 11 is 0. The molecule has 1 heterocycles. The fourth-order valence-electron chi connectivity index (χ4n) is 3.37. The number of ketones is 1. The van der Waals surface area contributed by atoms with Crippen LogP contribution in [0.2, 0.25) is 0 Å². The van der Waals surface area contributed by atoms with E-state index in [1.807, 2.05) is 16.8 Å². The second-order valence-corrected chi connectivity index (χ2v) is 6.23. The zero-order valence-corrected chi connectivity index (χ0v) is 12.6. The second-order valence-electron chi connectivity index (χ2n) is 6.23. The van der Waals surface area contributed by atoms with E-state index >= 15 is 0 Å². The Kier molecular flexibility index (Phi) is 3.81. The Hall–Kier alpha value is -1.68. The van der Waals surface area contributed by atoms with Crippen LogP contribution in [0, 0.1) is 5.41 Å². The van der Waals surface area contributed by atoms with Crippen LogP contribution >= 0.6 is 0 Å². The standard InChI is InChI=1S/C17H23N3O/c1-2-20-16-7-4-3-6-14(16)15(19-20)10-13(21)11-17(12-18)8-5-9-17/h3-4,6-7H,2,5,8-12,18H2,1H3. The van der Waals surface area contributed by atoms with Crippen molar-refractivity contribution < 1.29 is 4.79 Å². The maximum Gasteiger partial charge on any atom is 0.139 e. The Morgan fingerprint density at radius 2 is 2.14 bits per heavy atom. The Balaban J connectivity index is 1.80. The minimum atomic E-state index is 0.0835. The van der Waals surface area contributed by atoms with Gasteiger partial charge in [0.15, 0.2) is 0 Å². The van der Waals surface area contributed by atoms with Crippen molar-refractivity contribution >= 4 is 16.7 Å². The predicted molar refractivity (Wildman–Crippen MR) is 84.1 cm³/mol. The number of carbonyl (C=O) groups is 1. The SMILES string of the molecule is CCn1nc(CC(=O)CC2(CN)CCC2)c2ccccc21. The van der Waals surface area contributed by atoms with Gasteiger partial charge in [0.25, 0.3) is 0 Å². The maximum absolute atomic E-state index is 12.4. The van der Waals surface area contributed by atoms with E-state index in [1.54, 1.807) is 0 Å². The number of Topliss-reactive ketones (excluding diaryl/α,β-unsaturated/α-hetero) is 1. The molecule has 0 unspecified atom stereocenters. The fraction of sp³-hybridized carbons (Fsp3) is 0.529. The molecule has 1 aliphatic rings. The van der Waals surface area contributed by atoms with Crippen molar-refractivity contribution in [1.82, 2.24) is 9.78 Å². The summed E-state index contributed by atoms with van der Waals surface area (Å²) in [5.74, 6) is 0.270. The van der Waals surface area contributed by atoms with Crippen molar-refractivity contribution in [2.24, 2.45) is 11.1 Å². The van der Waals surface area contributed by atoms with Crippen LogP contribution in [0.4, 0.5) is 0 Å². The molecule has 1 aromatic heterocycles. The Morgan fingerprint density at radius 1 is 1.38 bits per heavy atom. The molecule has 0 spiro atoms. The van der Waals surface area contributed by atoms with Gasteiger partial charge in [-0.25, -0.2) is 0 Å². The van der Waals surface area contributed by atoms with Gasteiger partial charge in [-0.05, 0) is 37.8 Å². The van der Waals surface area contributed by atoms with Crippen LogP contribution in [0.1, 0.15) is 38.3 Å². The van der Waals surface area contributed by atoms with Crippen molar-refractivity contribution in [1.29, 1.82) is 0 Å². The Bertz CT molecular complexity index is 650. The zero-order chi connectivity index (χ0) is 14.9. The molecule has 1 fully saturated rings. The number of nitrogens with two attached hydrogens (primary N) is 1. The lowest BCUT2D eigenvalue weighted by molar-refractivity contribution is -0.122. The van der Waals surface area contributed by atoms with Gasteiger partial charge in [0.1, 0.15) is 5.78 Å². The van der Waals surface area contributed by atoms with Gasteiger partial charge in [-0.3, -0.25) is 9.48 Å². The van der Waals surface area contributed by atoms with Crippen LogP contribution in [-0.2, 0) is 17.8 Å². The summed E-state index contributed by atoms with van der Waals surface area (Å²) in [4.78, 5) is 12.4. The molecule has 21 heavy (non-hydrogen) atoms. The van der Waals surface area contributed by atoms with E-state index in [9.17, 15) is 4.79 Å². The van der Waals surface area contributed by atoms with Crippen LogP contribution in [0.15, 0.2) is 24.3 Å². The van der Waals surface area contributed by atoms with E-state index < -0.39 is 0 Å². The third-order valence-corrected chi connectivity index (χ3v) is 4.82. The number of hydrogen-bond donors (Lipinski definition) is 1. The third kappa shape index (κ3) is 2.60. The molecule has 112 valence electrons. The van der Waals surface area contributed by atoms with Crippen molar-refractivity contribution in [3.8, 4) is 0 Å². The average molecular weight is 285 g/mol. The maximum atomic E-state index is 12.4. The molecule has 1 aromatic carbocycles. The van der Waals surface area contributed by atoms with Crippen LogP contribution in [0.5, 0.6) is 0 Å². The fourth-order valence-corrected chi connectivity index (χ4v) is 3.37. The molecule has 0 bridgehead atoms. The quantitative estimate of drug-likeness (QED) is 0.887. The normalized spacial score (nSPS) is 16.9. The van der Waals surface area contributed by atoms with Crippen molar-refractivity contribution in [3.05, 3.63) is 30.0 Å². The summed E-state index contributed by atoms with van der Waals surface area (Å²) < 4.78 is 1.97. The van der Waals surface area contributed by atoms with E-state index in [1.165, 1.54) is 6.42 Å². The number of carbonyl (C=O) groups excluding carboxylic acids is 1. The lowest BCUT2D eigenvalue weighted by Gasteiger charge is -2.40. The number of fused-ring (bicyclic) bond motifs is 1. The molecule has 2 aromatic rings. The van der Waals surface area contributed by atoms with Crippen LogP contribution in [0.25, 0.3) is 10.9 Å². The first-order valence-electron chi connectivity index (χ1n) is 7.84. The number of aromatic nitrogens is 2. The highest BCUT2D eigenvalue weighted by atomic mass is 16.1. The molecule has 0 amide bonds. The number of aryl methyl sites for hydroxylation is 1. The lowest BCUT2D eigenvalue weighted by Crippen LogP contribution is -2.39. The zero-order valence-electron chi connectivity index (χ0n) is 12.6. The highest BCUT2D eigenvalue weighted by molar-refractivity contribution is 5.88. The van der Waals surface area contributed by atoms with Gasteiger partial charge < -0.3 is 5.73 Å². The Labute approximate surface area is 125 Å². The highest BCUT2D eigenvalue weighted by Gasteiger charge is 2.37. The van der Waals surface area contributed by atoms with E-state index in [0.717, 1.165) is 36.0 Å². The van der Waals surface area contributed by atoms with E-state index in [0.29, 0.717) is 19.4 Å². The topological polar surface area (TPSA) is 60.9 Å². The van der Waals surface area contributed by atoms with E-state index in [4.69, 9.17) is 5.73 Å². The number of nitrogens with zero attached hydrogens (tertiary/aromatic N) is 2. The first-order chi connectivity index (χ1) is 10.2. The molecule has 4 nitrogen and oxygen atoms in total. The average Bonchev–Trinajstić information content (AvgIpc) is 2.81. The summed E-state index contributed by atoms with van der Waals surface area (Å²) in [6, 6.07) is 8.14. The van der Waals surface area contributed by atoms with E-state index in [2.05, 4.69) is 24.2 Å². The smallest absolute Gasteiger partial charge is 0.139 e. The molecule has 4 heteroatoms. The molecule has 0 radical (unpaired) electrons. The highest BCUT2D eigenvalue weighted by Crippen LogP contribution is 2.43. The summed E-state index contributed by atoms with van der Waals surface area (Å²) in [6.07, 6.45) is 4.43. The number of benzene rings is 1. The molecular weight excluding hydrogens is 262 g/mol. The largest absolute Gasteiger partial charge is 0.330 e. The van der Waals surface area contributed by atoms with Gasteiger partial charge >= 0.3 is 0 Å². The van der Waals surface area contributed by atoms with Gasteiger partial charge in [-0.2, -0.15) is 5.10 Å². The molecule has 0 atom stereocenters. The minimum Gasteiger partial charge on any atom is -0.330 e. The number of rotatable bonds is 6. The summed E-state index contributed by atoms with van der Waals surface area (Å²) in [7, 11) is 0. The van der Waals surface area contributed by atoms with Gasteiger partial charge in [0.05, 0.1) is 17.6 Å². The monoisotopic (exact) mass is 285 g/mol. The molecule has 0 saturated heterocycles. The molecule has 1 saturated carbocycles. The van der Waals surface area contributed by atoms with Crippen molar-refractivity contribution in [3.63, 3.8) is 0 Å². The van der Waals surface area contributed by atoms with Crippen LogP contribution in [-0.4, -0.2) is 22.1 Å². The van der Waals surface area contributed by atoms with Crippen LogP contribution in [0.3, 0.4) is 0 Å². The molecular formula is C17H23N3O. The first-order valence-corrected chi connectivity index (χ1v) is 7.84. The Morgan fingerprint density at radius 3 is 2.76 bits per heavy atom. The van der Waals surface area contributed by atoms with Gasteiger partial charge in [-0.15, -0.1) is 0 Å². The molecule has 3 rings (SSSR count). The lowest BCUT2D eigenvalue weighted by atomic mass is 9.65. The molecule has 1 aliphatic carbocycles. The van der Waals surface area contributed by atoms with E-state index in [-0.39, 0.29) is 11.2 Å². The predicted octanol–water partition coefficient (Wildman–Crippen LogP) is 2.69. The van der Waals surface area contributed by atoms with Crippen molar-refractivity contribution in [2.75, 3.05) is 6.54 Å². The second kappa shape index (κ2) is 5.60.